The van der Waals surface area contributed by atoms with Crippen LogP contribution in [0, 0.1) is 0 Å². The van der Waals surface area contributed by atoms with E-state index in [9.17, 15) is 9.59 Å². The zero-order valence-electron chi connectivity index (χ0n) is 17.0. The summed E-state index contributed by atoms with van der Waals surface area (Å²) < 4.78 is 0. The fourth-order valence-electron chi connectivity index (χ4n) is 3.87. The average molecular weight is 399 g/mol. The van der Waals surface area contributed by atoms with Gasteiger partial charge in [0.05, 0.1) is 11.4 Å². The molecule has 2 amide bonds. The first-order chi connectivity index (χ1) is 14.6. The van der Waals surface area contributed by atoms with Crippen LogP contribution in [0.25, 0.3) is 0 Å². The number of amides is 2. The number of carbonyl (C=O) groups is 2. The maximum Gasteiger partial charge on any atom is 0.255 e. The summed E-state index contributed by atoms with van der Waals surface area (Å²) in [7, 11) is 0. The Hall–Kier alpha value is -3.60. The van der Waals surface area contributed by atoms with Crippen molar-refractivity contribution in [3.63, 3.8) is 0 Å². The van der Waals surface area contributed by atoms with Gasteiger partial charge in [0.2, 0.25) is 5.91 Å². The number of nitrogens with one attached hydrogen (secondary N) is 1. The molecule has 1 aliphatic heterocycles. The van der Waals surface area contributed by atoms with E-state index in [0.29, 0.717) is 18.7 Å². The number of hydrogen-bond donors (Lipinski definition) is 1. The molecule has 0 atom stereocenters. The van der Waals surface area contributed by atoms with Gasteiger partial charge >= 0.3 is 0 Å². The maximum atomic E-state index is 12.7. The fourth-order valence-corrected chi connectivity index (χ4v) is 3.87. The zero-order valence-corrected chi connectivity index (χ0v) is 17.0. The summed E-state index contributed by atoms with van der Waals surface area (Å²) in [6.07, 6.45) is 0.891. The first-order valence-corrected chi connectivity index (χ1v) is 10.2. The summed E-state index contributed by atoms with van der Waals surface area (Å²) in [4.78, 5) is 28.9. The van der Waals surface area contributed by atoms with Gasteiger partial charge in [0, 0.05) is 37.8 Å². The second-order valence-electron chi connectivity index (χ2n) is 7.46. The first-order valence-electron chi connectivity index (χ1n) is 10.2. The van der Waals surface area contributed by atoms with Crippen LogP contribution in [0.3, 0.4) is 0 Å². The average Bonchev–Trinajstić information content (AvgIpc) is 2.94. The predicted molar refractivity (Wildman–Crippen MR) is 121 cm³/mol. The van der Waals surface area contributed by atoms with E-state index in [-0.39, 0.29) is 11.8 Å². The standard InChI is InChI=1S/C25H25N3O2/c1-19(29)28-16-8-15-27(23-13-5-6-14-24(23)28)18-20-9-7-10-21(17-20)25(30)26-22-11-3-2-4-12-22/h2-7,9-14,17H,8,15-16,18H2,1H3,(H,26,30). The number of hydrogen-bond acceptors (Lipinski definition) is 3. The molecule has 4 rings (SSSR count). The largest absolute Gasteiger partial charge is 0.365 e. The number of nitrogens with zero attached hydrogens (tertiary/aromatic N) is 2. The van der Waals surface area contributed by atoms with E-state index < -0.39 is 0 Å². The molecule has 5 nitrogen and oxygen atoms in total. The van der Waals surface area contributed by atoms with Crippen molar-refractivity contribution in [3.05, 3.63) is 90.0 Å². The fraction of sp³-hybridized carbons (Fsp3) is 0.200. The highest BCUT2D eigenvalue weighted by molar-refractivity contribution is 6.04. The third-order valence-corrected chi connectivity index (χ3v) is 5.30. The molecule has 0 bridgehead atoms. The molecule has 1 aliphatic rings. The van der Waals surface area contributed by atoms with Crippen LogP contribution in [0.5, 0.6) is 0 Å². The van der Waals surface area contributed by atoms with Crippen molar-refractivity contribution < 1.29 is 9.59 Å². The van der Waals surface area contributed by atoms with Crippen molar-refractivity contribution in [1.29, 1.82) is 0 Å². The molecule has 0 aliphatic carbocycles. The SMILES string of the molecule is CC(=O)N1CCCN(Cc2cccc(C(=O)Nc3ccccc3)c2)c2ccccc21. The smallest absolute Gasteiger partial charge is 0.255 e. The predicted octanol–water partition coefficient (Wildman–Crippen LogP) is 4.70. The third-order valence-electron chi connectivity index (χ3n) is 5.30. The molecule has 1 N–H and O–H groups in total. The summed E-state index contributed by atoms with van der Waals surface area (Å²) in [6, 6.07) is 25.2. The van der Waals surface area contributed by atoms with Crippen LogP contribution < -0.4 is 15.1 Å². The van der Waals surface area contributed by atoms with Gasteiger partial charge in [-0.2, -0.15) is 0 Å². The van der Waals surface area contributed by atoms with Gasteiger partial charge in [-0.3, -0.25) is 9.59 Å². The number of fused-ring (bicyclic) bond motifs is 1. The summed E-state index contributed by atoms with van der Waals surface area (Å²) in [5.41, 5.74) is 4.45. The van der Waals surface area contributed by atoms with Crippen LogP contribution in [-0.2, 0) is 11.3 Å². The third kappa shape index (κ3) is 4.35. The van der Waals surface area contributed by atoms with Gasteiger partial charge in [0.1, 0.15) is 0 Å². The number of anilines is 3. The van der Waals surface area contributed by atoms with Crippen LogP contribution in [0.15, 0.2) is 78.9 Å². The Labute approximate surface area is 176 Å². The molecule has 0 unspecified atom stereocenters. The molecular weight excluding hydrogens is 374 g/mol. The quantitative estimate of drug-likeness (QED) is 0.692. The van der Waals surface area contributed by atoms with Crippen molar-refractivity contribution in [1.82, 2.24) is 0 Å². The first kappa shape index (κ1) is 19.7. The van der Waals surface area contributed by atoms with Gasteiger partial charge < -0.3 is 15.1 Å². The van der Waals surface area contributed by atoms with Gasteiger partial charge in [0.25, 0.3) is 5.91 Å². The summed E-state index contributed by atoms with van der Waals surface area (Å²) in [6.45, 7) is 3.85. The molecule has 0 saturated heterocycles. The van der Waals surface area contributed by atoms with E-state index in [2.05, 4.69) is 16.3 Å². The Morgan fingerprint density at radius 3 is 2.37 bits per heavy atom. The molecule has 0 fully saturated rings. The van der Waals surface area contributed by atoms with Gasteiger partial charge in [-0.15, -0.1) is 0 Å². The number of benzene rings is 3. The Morgan fingerprint density at radius 1 is 0.867 bits per heavy atom. The summed E-state index contributed by atoms with van der Waals surface area (Å²) >= 11 is 0. The van der Waals surface area contributed by atoms with E-state index in [4.69, 9.17) is 0 Å². The highest BCUT2D eigenvalue weighted by Crippen LogP contribution is 2.33. The van der Waals surface area contributed by atoms with E-state index in [0.717, 1.165) is 35.6 Å². The maximum absolute atomic E-state index is 12.7. The van der Waals surface area contributed by atoms with E-state index in [1.54, 1.807) is 6.92 Å². The Bertz CT molecular complexity index is 1050. The molecule has 0 radical (unpaired) electrons. The van der Waals surface area contributed by atoms with Crippen LogP contribution in [0.4, 0.5) is 17.1 Å². The minimum atomic E-state index is -0.123. The minimum Gasteiger partial charge on any atom is -0.365 e. The van der Waals surface area contributed by atoms with E-state index >= 15 is 0 Å². The normalized spacial score (nSPS) is 13.4. The summed E-state index contributed by atoms with van der Waals surface area (Å²) in [5.74, 6) is -0.0639. The van der Waals surface area contributed by atoms with Crippen molar-refractivity contribution >= 4 is 28.9 Å². The lowest BCUT2D eigenvalue weighted by molar-refractivity contribution is -0.116. The van der Waals surface area contributed by atoms with Crippen LogP contribution >= 0.6 is 0 Å². The lowest BCUT2D eigenvalue weighted by atomic mass is 10.1. The lowest BCUT2D eigenvalue weighted by Gasteiger charge is -2.26. The Kier molecular flexibility index (Phi) is 5.80. The topological polar surface area (TPSA) is 52.7 Å². The second kappa shape index (κ2) is 8.82. The van der Waals surface area contributed by atoms with Crippen LogP contribution in [0.1, 0.15) is 29.3 Å². The molecule has 152 valence electrons. The highest BCUT2D eigenvalue weighted by atomic mass is 16.2. The molecule has 3 aromatic rings. The van der Waals surface area contributed by atoms with Crippen LogP contribution in [0.2, 0.25) is 0 Å². The van der Waals surface area contributed by atoms with Gasteiger partial charge in [-0.25, -0.2) is 0 Å². The summed E-state index contributed by atoms with van der Waals surface area (Å²) in [5, 5.41) is 2.94. The minimum absolute atomic E-state index is 0.0591. The Morgan fingerprint density at radius 2 is 1.60 bits per heavy atom. The second-order valence-corrected chi connectivity index (χ2v) is 7.46. The zero-order chi connectivity index (χ0) is 20.9. The van der Waals surface area contributed by atoms with Gasteiger partial charge in [-0.1, -0.05) is 42.5 Å². The molecule has 3 aromatic carbocycles. The molecule has 0 saturated carbocycles. The van der Waals surface area contributed by atoms with Gasteiger partial charge in [0.15, 0.2) is 0 Å². The number of carbonyl (C=O) groups excluding carboxylic acids is 2. The monoisotopic (exact) mass is 399 g/mol. The lowest BCUT2D eigenvalue weighted by Crippen LogP contribution is -2.28. The molecule has 0 aromatic heterocycles. The van der Waals surface area contributed by atoms with Crippen molar-refractivity contribution in [2.75, 3.05) is 28.2 Å². The number of para-hydroxylation sites is 3. The molecular formula is C25H25N3O2. The molecule has 0 spiro atoms. The van der Waals surface area contributed by atoms with E-state index in [1.165, 1.54) is 0 Å². The van der Waals surface area contributed by atoms with Crippen molar-refractivity contribution in [3.8, 4) is 0 Å². The number of rotatable bonds is 4. The molecule has 1 heterocycles. The van der Waals surface area contributed by atoms with Crippen molar-refractivity contribution in [2.24, 2.45) is 0 Å². The van der Waals surface area contributed by atoms with E-state index in [1.807, 2.05) is 77.7 Å². The molecule has 30 heavy (non-hydrogen) atoms. The van der Waals surface area contributed by atoms with Gasteiger partial charge in [-0.05, 0) is 48.4 Å². The molecule has 5 heteroatoms. The highest BCUT2D eigenvalue weighted by Gasteiger charge is 2.22. The Balaban J connectivity index is 1.55. The van der Waals surface area contributed by atoms with Crippen molar-refractivity contribution in [2.45, 2.75) is 19.9 Å². The van der Waals surface area contributed by atoms with Crippen LogP contribution in [-0.4, -0.2) is 24.9 Å².